The van der Waals surface area contributed by atoms with Crippen molar-refractivity contribution in [3.8, 4) is 0 Å². The molecule has 0 radical (unpaired) electrons. The Morgan fingerprint density at radius 1 is 1.25 bits per heavy atom. The summed E-state index contributed by atoms with van der Waals surface area (Å²) in [5.74, 6) is 1.02. The fraction of sp³-hybridized carbons (Fsp3) is 0.733. The van der Waals surface area contributed by atoms with Crippen LogP contribution in [0, 0.1) is 0 Å². The van der Waals surface area contributed by atoms with Crippen LogP contribution in [0.5, 0.6) is 0 Å². The van der Waals surface area contributed by atoms with Gasteiger partial charge in [-0.25, -0.2) is 0 Å². The summed E-state index contributed by atoms with van der Waals surface area (Å²) in [6.45, 7) is 3.52. The van der Waals surface area contributed by atoms with Gasteiger partial charge in [-0.3, -0.25) is 4.90 Å². The molecule has 5 nitrogen and oxygen atoms in total. The van der Waals surface area contributed by atoms with Crippen LogP contribution in [-0.4, -0.2) is 50.5 Å². The molecule has 0 aromatic carbocycles. The fourth-order valence-corrected chi connectivity index (χ4v) is 2.77. The fourth-order valence-electron chi connectivity index (χ4n) is 2.77. The molecule has 2 aliphatic rings. The smallest absolute Gasteiger partial charge is 0.118 e. The van der Waals surface area contributed by atoms with Crippen LogP contribution in [0.1, 0.15) is 24.2 Å². The van der Waals surface area contributed by atoms with Crippen molar-refractivity contribution < 1.29 is 13.9 Å². The molecule has 5 heteroatoms. The Morgan fingerprint density at radius 2 is 1.95 bits per heavy atom. The Kier molecular flexibility index (Phi) is 4.41. The van der Waals surface area contributed by atoms with Gasteiger partial charge < -0.3 is 19.2 Å². The minimum Gasteiger partial charge on any atom is -0.468 e. The van der Waals surface area contributed by atoms with Crippen LogP contribution in [0.2, 0.25) is 0 Å². The Labute approximate surface area is 120 Å². The van der Waals surface area contributed by atoms with Gasteiger partial charge in [-0.05, 0) is 18.9 Å². The lowest BCUT2D eigenvalue weighted by molar-refractivity contribution is -0.00461. The lowest BCUT2D eigenvalue weighted by Gasteiger charge is -2.13. The van der Waals surface area contributed by atoms with Gasteiger partial charge in [-0.1, -0.05) is 0 Å². The third-order valence-corrected chi connectivity index (χ3v) is 4.16. The molecule has 2 heterocycles. The lowest BCUT2D eigenvalue weighted by atomic mass is 10.3. The minimum absolute atomic E-state index is 0.158. The zero-order chi connectivity index (χ0) is 13.9. The summed E-state index contributed by atoms with van der Waals surface area (Å²) >= 11 is 0. The van der Waals surface area contributed by atoms with Crippen LogP contribution in [0.15, 0.2) is 16.7 Å². The van der Waals surface area contributed by atoms with Crippen LogP contribution in [-0.2, 0) is 22.6 Å². The van der Waals surface area contributed by atoms with Crippen LogP contribution < -0.4 is 5.32 Å². The standard InChI is InChI=1S/C15H24N2O3/c1-18-14-8-17(9-15(14)19-2)7-13-5-11(10-20-13)6-16-12-3-4-12/h5,10,12,14-16H,3-4,6-9H2,1-2H3. The summed E-state index contributed by atoms with van der Waals surface area (Å²) in [7, 11) is 3.49. The zero-order valence-electron chi connectivity index (χ0n) is 12.3. The molecule has 3 rings (SSSR count). The molecule has 1 N–H and O–H groups in total. The highest BCUT2D eigenvalue weighted by molar-refractivity contribution is 5.13. The monoisotopic (exact) mass is 280 g/mol. The molecule has 1 aromatic heterocycles. The number of likely N-dealkylation sites (tertiary alicyclic amines) is 1. The largest absolute Gasteiger partial charge is 0.468 e. The van der Waals surface area contributed by atoms with Crippen LogP contribution in [0.3, 0.4) is 0 Å². The molecule has 1 aliphatic heterocycles. The highest BCUT2D eigenvalue weighted by Crippen LogP contribution is 2.21. The summed E-state index contributed by atoms with van der Waals surface area (Å²) in [6, 6.07) is 2.88. The van der Waals surface area contributed by atoms with Gasteiger partial charge in [-0.2, -0.15) is 0 Å². The maximum absolute atomic E-state index is 5.65. The lowest BCUT2D eigenvalue weighted by Crippen LogP contribution is -2.27. The average molecular weight is 280 g/mol. The molecule has 1 saturated heterocycles. The van der Waals surface area contributed by atoms with Gasteiger partial charge >= 0.3 is 0 Å². The molecule has 1 aliphatic carbocycles. The van der Waals surface area contributed by atoms with Crippen molar-refractivity contribution in [2.75, 3.05) is 27.3 Å². The summed E-state index contributed by atoms with van der Waals surface area (Å²) in [4.78, 5) is 2.32. The van der Waals surface area contributed by atoms with E-state index in [9.17, 15) is 0 Å². The van der Waals surface area contributed by atoms with Gasteiger partial charge in [0.25, 0.3) is 0 Å². The first kappa shape index (κ1) is 14.1. The van der Waals surface area contributed by atoms with Gasteiger partial charge in [-0.15, -0.1) is 0 Å². The van der Waals surface area contributed by atoms with E-state index in [4.69, 9.17) is 13.9 Å². The summed E-state index contributed by atoms with van der Waals surface area (Å²) < 4.78 is 16.6. The quantitative estimate of drug-likeness (QED) is 0.817. The van der Waals surface area contributed by atoms with Crippen molar-refractivity contribution in [2.24, 2.45) is 0 Å². The van der Waals surface area contributed by atoms with Gasteiger partial charge in [0, 0.05) is 45.5 Å². The van der Waals surface area contributed by atoms with Crippen LogP contribution in [0.4, 0.5) is 0 Å². The van der Waals surface area contributed by atoms with E-state index >= 15 is 0 Å². The van der Waals surface area contributed by atoms with Crippen LogP contribution >= 0.6 is 0 Å². The Bertz CT molecular complexity index is 419. The predicted molar refractivity (Wildman–Crippen MR) is 75.4 cm³/mol. The maximum atomic E-state index is 5.65. The molecule has 0 bridgehead atoms. The Morgan fingerprint density at radius 3 is 2.55 bits per heavy atom. The topological polar surface area (TPSA) is 46.9 Å². The maximum Gasteiger partial charge on any atom is 0.118 e. The van der Waals surface area contributed by atoms with Crippen molar-refractivity contribution in [2.45, 2.75) is 44.2 Å². The molecule has 2 fully saturated rings. The van der Waals surface area contributed by atoms with E-state index in [-0.39, 0.29) is 12.2 Å². The molecule has 1 saturated carbocycles. The number of methoxy groups -OCH3 is 2. The molecule has 0 spiro atoms. The highest BCUT2D eigenvalue weighted by atomic mass is 16.5. The first-order valence-corrected chi connectivity index (χ1v) is 7.36. The van der Waals surface area contributed by atoms with Gasteiger partial charge in [0.2, 0.25) is 0 Å². The second-order valence-electron chi connectivity index (χ2n) is 5.82. The molecule has 20 heavy (non-hydrogen) atoms. The van der Waals surface area contributed by atoms with Crippen molar-refractivity contribution >= 4 is 0 Å². The normalized spacial score (nSPS) is 27.3. The molecular formula is C15H24N2O3. The average Bonchev–Trinajstić information content (AvgIpc) is 3.05. The number of rotatable bonds is 7. The minimum atomic E-state index is 0.158. The summed E-state index contributed by atoms with van der Waals surface area (Å²) in [6.07, 6.45) is 4.81. The summed E-state index contributed by atoms with van der Waals surface area (Å²) in [5, 5.41) is 3.50. The number of hydrogen-bond donors (Lipinski definition) is 1. The molecule has 2 atom stereocenters. The Balaban J connectivity index is 1.50. The van der Waals surface area contributed by atoms with Gasteiger partial charge in [0.1, 0.15) is 5.76 Å². The van der Waals surface area contributed by atoms with Crippen molar-refractivity contribution in [1.29, 1.82) is 0 Å². The number of hydrogen-bond acceptors (Lipinski definition) is 5. The van der Waals surface area contributed by atoms with E-state index in [2.05, 4.69) is 16.3 Å². The van der Waals surface area contributed by atoms with E-state index in [1.54, 1.807) is 14.2 Å². The number of furan rings is 1. The number of nitrogens with one attached hydrogen (secondary N) is 1. The van der Waals surface area contributed by atoms with E-state index in [0.29, 0.717) is 0 Å². The summed E-state index contributed by atoms with van der Waals surface area (Å²) in [5.41, 5.74) is 1.23. The SMILES string of the molecule is COC1CN(Cc2cc(CNC3CC3)co2)CC1OC. The zero-order valence-corrected chi connectivity index (χ0v) is 12.3. The van der Waals surface area contributed by atoms with E-state index in [1.807, 2.05) is 6.26 Å². The van der Waals surface area contributed by atoms with E-state index in [0.717, 1.165) is 38.0 Å². The van der Waals surface area contributed by atoms with Crippen molar-refractivity contribution in [3.05, 3.63) is 23.7 Å². The first-order valence-electron chi connectivity index (χ1n) is 7.36. The number of ether oxygens (including phenoxy) is 2. The van der Waals surface area contributed by atoms with Crippen molar-refractivity contribution in [3.63, 3.8) is 0 Å². The second-order valence-corrected chi connectivity index (χ2v) is 5.82. The molecule has 2 unspecified atom stereocenters. The Hall–Kier alpha value is -0.880. The highest BCUT2D eigenvalue weighted by Gasteiger charge is 2.33. The molecule has 0 amide bonds. The van der Waals surface area contributed by atoms with E-state index in [1.165, 1.54) is 18.4 Å². The predicted octanol–water partition coefficient (Wildman–Crippen LogP) is 1.38. The van der Waals surface area contributed by atoms with Crippen molar-refractivity contribution in [1.82, 2.24) is 10.2 Å². The number of nitrogens with zero attached hydrogens (tertiary/aromatic N) is 1. The van der Waals surface area contributed by atoms with Crippen LogP contribution in [0.25, 0.3) is 0 Å². The first-order chi connectivity index (χ1) is 9.78. The van der Waals surface area contributed by atoms with Gasteiger partial charge in [0.15, 0.2) is 0 Å². The third kappa shape index (κ3) is 3.41. The van der Waals surface area contributed by atoms with Gasteiger partial charge in [0.05, 0.1) is 25.0 Å². The molecular weight excluding hydrogens is 256 g/mol. The second kappa shape index (κ2) is 6.26. The van der Waals surface area contributed by atoms with E-state index < -0.39 is 0 Å². The molecule has 1 aromatic rings. The molecule has 112 valence electrons. The third-order valence-electron chi connectivity index (χ3n) is 4.16.